The fraction of sp³-hybridized carbons (Fsp3) is 0.357. The molecule has 1 unspecified atom stereocenters. The number of aliphatic hydroxyl groups is 3. The first-order valence-electron chi connectivity index (χ1n) is 12.4. The van der Waals surface area contributed by atoms with Crippen LogP contribution in [0.2, 0.25) is 0 Å². The van der Waals surface area contributed by atoms with Crippen LogP contribution in [0.3, 0.4) is 0 Å². The van der Waals surface area contributed by atoms with E-state index in [9.17, 15) is 28.3 Å². The summed E-state index contributed by atoms with van der Waals surface area (Å²) in [5.41, 5.74) is 3.90. The zero-order valence-electron chi connectivity index (χ0n) is 21.1. The summed E-state index contributed by atoms with van der Waals surface area (Å²) in [4.78, 5) is 3.81. The van der Waals surface area contributed by atoms with E-state index >= 15 is 0 Å². The second-order valence-corrected chi connectivity index (χ2v) is 10.2. The molecule has 3 aromatic carbocycles. The molecular weight excluding hydrogens is 492 g/mol. The van der Waals surface area contributed by atoms with Crippen LogP contribution in [0.5, 0.6) is 0 Å². The lowest BCUT2D eigenvalue weighted by atomic mass is 9.85. The van der Waals surface area contributed by atoms with Crippen LogP contribution in [0.1, 0.15) is 36.0 Å². The summed E-state index contributed by atoms with van der Waals surface area (Å²) in [6, 6.07) is 21.8. The van der Waals surface area contributed by atoms with Gasteiger partial charge in [-0.2, -0.15) is 8.42 Å². The first-order chi connectivity index (χ1) is 17.8. The van der Waals surface area contributed by atoms with Crippen LogP contribution in [0.15, 0.2) is 77.7 Å². The largest absolute Gasteiger partial charge is 0.395 e. The average molecular weight is 529 g/mol. The molecule has 0 spiro atoms. The molecule has 0 amide bonds. The van der Waals surface area contributed by atoms with E-state index in [1.54, 1.807) is 18.2 Å². The van der Waals surface area contributed by atoms with Crippen molar-refractivity contribution in [3.05, 3.63) is 89.5 Å². The van der Waals surface area contributed by atoms with Crippen LogP contribution >= 0.6 is 0 Å². The lowest BCUT2D eigenvalue weighted by Gasteiger charge is -2.26. The fourth-order valence-corrected chi connectivity index (χ4v) is 5.37. The molecule has 37 heavy (non-hydrogen) atoms. The zero-order chi connectivity index (χ0) is 26.8. The van der Waals surface area contributed by atoms with Gasteiger partial charge in [0, 0.05) is 43.5 Å². The number of hydrogen-bond acceptors (Lipinski definition) is 7. The van der Waals surface area contributed by atoms with Crippen LogP contribution < -0.4 is 9.80 Å². The summed E-state index contributed by atoms with van der Waals surface area (Å²) in [7, 11) is -4.47. The van der Waals surface area contributed by atoms with Crippen molar-refractivity contribution in [2.75, 3.05) is 55.8 Å². The summed E-state index contributed by atoms with van der Waals surface area (Å²) < 4.78 is 34.5. The lowest BCUT2D eigenvalue weighted by Crippen LogP contribution is -2.29. The van der Waals surface area contributed by atoms with Crippen LogP contribution in [0, 0.1) is 0 Å². The number of aliphatic hydroxyl groups excluding tert-OH is 3. The Morgan fingerprint density at radius 3 is 1.51 bits per heavy atom. The van der Waals surface area contributed by atoms with Crippen LogP contribution in [-0.4, -0.2) is 74.3 Å². The van der Waals surface area contributed by atoms with Gasteiger partial charge in [0.25, 0.3) is 10.1 Å². The van der Waals surface area contributed by atoms with Gasteiger partial charge in [-0.3, -0.25) is 4.55 Å². The third-order valence-corrected chi connectivity index (χ3v) is 7.22. The van der Waals surface area contributed by atoms with E-state index in [0.29, 0.717) is 25.2 Å². The Bertz CT molecular complexity index is 1140. The molecule has 0 bridgehead atoms. The molecule has 3 rings (SSSR count). The predicted molar refractivity (Wildman–Crippen MR) is 146 cm³/mol. The van der Waals surface area contributed by atoms with Crippen molar-refractivity contribution >= 4 is 21.5 Å². The molecule has 200 valence electrons. The van der Waals surface area contributed by atoms with E-state index in [2.05, 4.69) is 11.8 Å². The third-order valence-electron chi connectivity index (χ3n) is 6.29. The Labute approximate surface area is 219 Å². The maximum atomic E-state index is 12.3. The Hall–Kier alpha value is -2.95. The maximum Gasteiger partial charge on any atom is 0.294 e. The molecule has 3 aromatic rings. The average Bonchev–Trinajstić information content (AvgIpc) is 2.89. The summed E-state index contributed by atoms with van der Waals surface area (Å²) in [5, 5.41) is 28.2. The van der Waals surface area contributed by atoms with E-state index in [4.69, 9.17) is 0 Å². The molecule has 9 heteroatoms. The van der Waals surface area contributed by atoms with Crippen molar-refractivity contribution in [3.8, 4) is 0 Å². The summed E-state index contributed by atoms with van der Waals surface area (Å²) in [6.07, 6.45) is 0.933. The molecule has 0 aliphatic rings. The monoisotopic (exact) mass is 528 g/mol. The summed E-state index contributed by atoms with van der Waals surface area (Å²) >= 11 is 0. The number of benzene rings is 3. The Balaban J connectivity index is 2.10. The van der Waals surface area contributed by atoms with Gasteiger partial charge in [-0.25, -0.2) is 0 Å². The SMILES string of the molecule is CCCN(CCO)c1ccc(C(c2ccc(N(CCO)CCO)cc2)c2ccccc2S(=O)(=O)O)cc1. The first-order valence-corrected chi connectivity index (χ1v) is 13.9. The minimum absolute atomic E-state index is 0.0437. The second-order valence-electron chi connectivity index (χ2n) is 8.77. The molecule has 0 saturated heterocycles. The van der Waals surface area contributed by atoms with Gasteiger partial charge in [0.15, 0.2) is 0 Å². The highest BCUT2D eigenvalue weighted by Gasteiger charge is 2.25. The van der Waals surface area contributed by atoms with Gasteiger partial charge in [0.1, 0.15) is 0 Å². The standard InChI is InChI=1S/C28H36N2O6S/c1-2-15-29(16-19-31)24-11-7-22(8-12-24)28(26-5-3-4-6-27(26)37(34,35)36)23-9-13-25(14-10-23)30(17-20-32)18-21-33/h3-14,28,31-33H,2,15-21H2,1H3,(H,34,35,36). The van der Waals surface area contributed by atoms with Crippen molar-refractivity contribution in [3.63, 3.8) is 0 Å². The topological polar surface area (TPSA) is 122 Å². The van der Waals surface area contributed by atoms with Gasteiger partial charge in [-0.1, -0.05) is 49.4 Å². The van der Waals surface area contributed by atoms with Crippen LogP contribution in [-0.2, 0) is 10.1 Å². The van der Waals surface area contributed by atoms with Gasteiger partial charge in [0.05, 0.1) is 24.7 Å². The Kier molecular flexibility index (Phi) is 10.5. The van der Waals surface area contributed by atoms with Crippen molar-refractivity contribution in [2.24, 2.45) is 0 Å². The highest BCUT2D eigenvalue weighted by atomic mass is 32.2. The summed E-state index contributed by atoms with van der Waals surface area (Å²) in [6.45, 7) is 4.08. The van der Waals surface area contributed by atoms with E-state index in [1.165, 1.54) is 6.07 Å². The molecule has 0 fully saturated rings. The second kappa shape index (κ2) is 13.6. The highest BCUT2D eigenvalue weighted by molar-refractivity contribution is 7.85. The van der Waals surface area contributed by atoms with Gasteiger partial charge in [-0.15, -0.1) is 0 Å². The van der Waals surface area contributed by atoms with Crippen molar-refractivity contribution < 1.29 is 28.3 Å². The van der Waals surface area contributed by atoms with E-state index < -0.39 is 16.0 Å². The van der Waals surface area contributed by atoms with Crippen LogP contribution in [0.4, 0.5) is 11.4 Å². The zero-order valence-corrected chi connectivity index (χ0v) is 21.9. The number of hydrogen-bond donors (Lipinski definition) is 4. The fourth-order valence-electron chi connectivity index (χ4n) is 4.63. The number of anilines is 2. The molecule has 1 atom stereocenters. The number of nitrogens with zero attached hydrogens (tertiary/aromatic N) is 2. The number of rotatable bonds is 14. The smallest absolute Gasteiger partial charge is 0.294 e. The molecule has 4 N–H and O–H groups in total. The molecule has 0 aliphatic carbocycles. The third kappa shape index (κ3) is 7.30. The van der Waals surface area contributed by atoms with Crippen molar-refractivity contribution in [1.82, 2.24) is 0 Å². The van der Waals surface area contributed by atoms with E-state index in [0.717, 1.165) is 35.5 Å². The Morgan fingerprint density at radius 1 is 0.676 bits per heavy atom. The van der Waals surface area contributed by atoms with Crippen molar-refractivity contribution in [2.45, 2.75) is 24.2 Å². The van der Waals surface area contributed by atoms with E-state index in [1.807, 2.05) is 53.4 Å². The minimum atomic E-state index is -4.47. The quantitative estimate of drug-likeness (QED) is 0.186. The lowest BCUT2D eigenvalue weighted by molar-refractivity contribution is 0.281. The molecule has 0 aliphatic heterocycles. The summed E-state index contributed by atoms with van der Waals surface area (Å²) in [5.74, 6) is -0.483. The first kappa shape index (κ1) is 28.6. The highest BCUT2D eigenvalue weighted by Crippen LogP contribution is 2.37. The van der Waals surface area contributed by atoms with Gasteiger partial charge in [0.2, 0.25) is 0 Å². The maximum absolute atomic E-state index is 12.3. The molecule has 0 saturated carbocycles. The molecule has 0 radical (unpaired) electrons. The normalized spacial score (nSPS) is 12.4. The van der Waals surface area contributed by atoms with Gasteiger partial charge in [-0.05, 0) is 53.4 Å². The van der Waals surface area contributed by atoms with E-state index in [-0.39, 0.29) is 24.7 Å². The molecular formula is C28H36N2O6S. The molecule has 0 aromatic heterocycles. The van der Waals surface area contributed by atoms with Crippen LogP contribution in [0.25, 0.3) is 0 Å². The van der Waals surface area contributed by atoms with Crippen molar-refractivity contribution in [1.29, 1.82) is 0 Å². The van der Waals surface area contributed by atoms with Gasteiger partial charge < -0.3 is 25.1 Å². The molecule has 8 nitrogen and oxygen atoms in total. The Morgan fingerprint density at radius 2 is 1.11 bits per heavy atom. The van der Waals surface area contributed by atoms with Gasteiger partial charge >= 0.3 is 0 Å². The minimum Gasteiger partial charge on any atom is -0.395 e. The molecule has 0 heterocycles. The predicted octanol–water partition coefficient (Wildman–Crippen LogP) is 3.11.